The number of hydrogen-bond donors (Lipinski definition) is 0. The lowest BCUT2D eigenvalue weighted by Gasteiger charge is -2.25. The molecule has 0 fully saturated rings. The van der Waals surface area contributed by atoms with Crippen LogP contribution in [0, 0.1) is 11.5 Å². The van der Waals surface area contributed by atoms with E-state index in [0.717, 1.165) is 5.56 Å². The van der Waals surface area contributed by atoms with E-state index in [-0.39, 0.29) is 5.41 Å². The summed E-state index contributed by atoms with van der Waals surface area (Å²) in [6, 6.07) is 8.22. The van der Waals surface area contributed by atoms with Gasteiger partial charge in [0.25, 0.3) is 6.26 Å². The summed E-state index contributed by atoms with van der Waals surface area (Å²) in [6.45, 7) is 10.3. The maximum absolute atomic E-state index is 8.62. The Balaban J connectivity index is 3.14. The Labute approximate surface area is 97.9 Å². The fourth-order valence-electron chi connectivity index (χ4n) is 1.53. The van der Waals surface area contributed by atoms with Crippen LogP contribution in [0.5, 0.6) is 0 Å². The smallest absolute Gasteiger partial charge is 0.287 e. The lowest BCUT2D eigenvalue weighted by Crippen LogP contribution is -2.20. The van der Waals surface area contributed by atoms with E-state index in [9.17, 15) is 0 Å². The van der Waals surface area contributed by atoms with Crippen LogP contribution >= 0.6 is 0 Å². The zero-order valence-corrected chi connectivity index (χ0v) is 10.7. The van der Waals surface area contributed by atoms with Crippen LogP contribution in [-0.4, -0.2) is 0 Å². The van der Waals surface area contributed by atoms with Crippen LogP contribution < -0.4 is 0 Å². The number of hydrogen-bond acceptors (Lipinski definition) is 2. The van der Waals surface area contributed by atoms with Gasteiger partial charge in [0, 0.05) is 0 Å². The van der Waals surface area contributed by atoms with E-state index in [0.29, 0.717) is 0 Å². The van der Waals surface area contributed by atoms with Gasteiger partial charge < -0.3 is 4.74 Å². The van der Waals surface area contributed by atoms with Crippen molar-refractivity contribution >= 4 is 0 Å². The van der Waals surface area contributed by atoms with Crippen molar-refractivity contribution in [3.8, 4) is 6.26 Å². The first kappa shape index (κ1) is 12.6. The van der Waals surface area contributed by atoms with Crippen molar-refractivity contribution in [1.29, 1.82) is 5.26 Å². The monoisotopic (exact) mass is 217 g/mol. The molecule has 1 aromatic rings. The molecule has 0 aliphatic rings. The number of nitriles is 1. The summed E-state index contributed by atoms with van der Waals surface area (Å²) in [5.41, 5.74) is 1.83. The first-order valence-electron chi connectivity index (χ1n) is 5.45. The van der Waals surface area contributed by atoms with Crippen LogP contribution in [0.3, 0.4) is 0 Å². The first-order valence-corrected chi connectivity index (χ1v) is 5.45. The fraction of sp³-hybridized carbons (Fsp3) is 0.500. The van der Waals surface area contributed by atoms with Crippen molar-refractivity contribution in [2.45, 2.75) is 45.6 Å². The van der Waals surface area contributed by atoms with Crippen LogP contribution in [-0.2, 0) is 15.8 Å². The molecular formula is C14H19NO. The van der Waals surface area contributed by atoms with Crippen LogP contribution in [0.2, 0.25) is 0 Å². The lowest BCUT2D eigenvalue weighted by atomic mass is 9.84. The molecule has 0 amide bonds. The third kappa shape index (κ3) is 2.76. The molecule has 0 radical (unpaired) electrons. The molecule has 0 bridgehead atoms. The summed E-state index contributed by atoms with van der Waals surface area (Å²) in [5.74, 6) is 0. The van der Waals surface area contributed by atoms with Crippen molar-refractivity contribution in [3.05, 3.63) is 35.4 Å². The van der Waals surface area contributed by atoms with Gasteiger partial charge in [-0.25, -0.2) is 0 Å². The van der Waals surface area contributed by atoms with Crippen molar-refractivity contribution in [3.63, 3.8) is 0 Å². The Hall–Kier alpha value is -1.49. The molecular weight excluding hydrogens is 198 g/mol. The number of nitrogens with zero attached hydrogens (tertiary/aromatic N) is 1. The van der Waals surface area contributed by atoms with Crippen molar-refractivity contribution in [2.24, 2.45) is 0 Å². The van der Waals surface area contributed by atoms with Gasteiger partial charge in [0.15, 0.2) is 0 Å². The SMILES string of the molecule is CC(C)(C)c1cccc(C(C)(C)OC#N)c1. The molecule has 86 valence electrons. The van der Waals surface area contributed by atoms with E-state index < -0.39 is 5.60 Å². The Morgan fingerprint density at radius 3 is 2.12 bits per heavy atom. The number of ether oxygens (including phenoxy) is 1. The minimum absolute atomic E-state index is 0.110. The first-order chi connectivity index (χ1) is 7.27. The molecule has 0 aliphatic carbocycles. The van der Waals surface area contributed by atoms with Gasteiger partial charge in [-0.15, -0.1) is 0 Å². The van der Waals surface area contributed by atoms with Gasteiger partial charge in [0.1, 0.15) is 5.60 Å². The Bertz CT molecular complexity index is 407. The number of benzene rings is 1. The van der Waals surface area contributed by atoms with Crippen LogP contribution in [0.4, 0.5) is 0 Å². The molecule has 2 nitrogen and oxygen atoms in total. The summed E-state index contributed by atoms with van der Waals surface area (Å²) < 4.78 is 5.09. The summed E-state index contributed by atoms with van der Waals surface area (Å²) >= 11 is 0. The summed E-state index contributed by atoms with van der Waals surface area (Å²) in [7, 11) is 0. The Morgan fingerprint density at radius 1 is 1.06 bits per heavy atom. The molecule has 1 rings (SSSR count). The maximum Gasteiger partial charge on any atom is 0.287 e. The van der Waals surface area contributed by atoms with Crippen LogP contribution in [0.1, 0.15) is 45.7 Å². The predicted octanol–water partition coefficient (Wildman–Crippen LogP) is 3.72. The van der Waals surface area contributed by atoms with Crippen molar-refractivity contribution < 1.29 is 4.74 Å². The molecule has 2 heteroatoms. The average molecular weight is 217 g/mol. The highest BCUT2D eigenvalue weighted by atomic mass is 16.5. The standard InChI is InChI=1S/C14H19NO/c1-13(2,3)11-7-6-8-12(9-11)14(4,5)16-10-15/h6-9H,1-5H3. The van der Waals surface area contributed by atoms with E-state index in [1.807, 2.05) is 26.0 Å². The topological polar surface area (TPSA) is 33.0 Å². The highest BCUT2D eigenvalue weighted by molar-refractivity contribution is 5.31. The predicted molar refractivity (Wildman–Crippen MR) is 64.9 cm³/mol. The second kappa shape index (κ2) is 4.17. The summed E-state index contributed by atoms with van der Waals surface area (Å²) in [4.78, 5) is 0. The molecule has 0 N–H and O–H groups in total. The zero-order chi connectivity index (χ0) is 12.4. The molecule has 0 aliphatic heterocycles. The molecule has 0 spiro atoms. The highest BCUT2D eigenvalue weighted by Crippen LogP contribution is 2.29. The summed E-state index contributed by atoms with van der Waals surface area (Å²) in [5, 5.41) is 8.62. The second-order valence-electron chi connectivity index (χ2n) is 5.53. The van der Waals surface area contributed by atoms with Gasteiger partial charge in [-0.2, -0.15) is 5.26 Å². The van der Waals surface area contributed by atoms with Gasteiger partial charge >= 0.3 is 0 Å². The van der Waals surface area contributed by atoms with Gasteiger partial charge in [0.2, 0.25) is 0 Å². The lowest BCUT2D eigenvalue weighted by molar-refractivity contribution is 0.0701. The van der Waals surface area contributed by atoms with Crippen LogP contribution in [0.15, 0.2) is 24.3 Å². The van der Waals surface area contributed by atoms with E-state index in [2.05, 4.69) is 32.9 Å². The Morgan fingerprint density at radius 2 is 1.62 bits per heavy atom. The third-order valence-corrected chi connectivity index (χ3v) is 2.72. The fourth-order valence-corrected chi connectivity index (χ4v) is 1.53. The quantitative estimate of drug-likeness (QED) is 0.707. The molecule has 0 saturated heterocycles. The molecule has 1 aromatic carbocycles. The van der Waals surface area contributed by atoms with E-state index >= 15 is 0 Å². The summed E-state index contributed by atoms with van der Waals surface area (Å²) in [6.07, 6.45) is 1.76. The van der Waals surface area contributed by atoms with Crippen molar-refractivity contribution in [2.75, 3.05) is 0 Å². The molecule has 0 atom stereocenters. The minimum Gasteiger partial charge on any atom is -0.417 e. The molecule has 0 saturated carbocycles. The van der Waals surface area contributed by atoms with Gasteiger partial charge in [-0.3, -0.25) is 0 Å². The van der Waals surface area contributed by atoms with Gasteiger partial charge in [0.05, 0.1) is 0 Å². The highest BCUT2D eigenvalue weighted by Gasteiger charge is 2.24. The molecule has 16 heavy (non-hydrogen) atoms. The minimum atomic E-state index is -0.560. The van der Waals surface area contributed by atoms with Crippen LogP contribution in [0.25, 0.3) is 0 Å². The molecule has 0 heterocycles. The van der Waals surface area contributed by atoms with Gasteiger partial charge in [-0.1, -0.05) is 45.0 Å². The average Bonchev–Trinajstić information content (AvgIpc) is 2.16. The van der Waals surface area contributed by atoms with E-state index in [1.165, 1.54) is 5.56 Å². The second-order valence-corrected chi connectivity index (χ2v) is 5.53. The van der Waals surface area contributed by atoms with Crippen molar-refractivity contribution in [1.82, 2.24) is 0 Å². The number of rotatable bonds is 2. The van der Waals surface area contributed by atoms with E-state index in [1.54, 1.807) is 6.26 Å². The van der Waals surface area contributed by atoms with Gasteiger partial charge in [-0.05, 0) is 30.4 Å². The maximum atomic E-state index is 8.62. The molecule has 0 aromatic heterocycles. The van der Waals surface area contributed by atoms with E-state index in [4.69, 9.17) is 10.00 Å². The normalized spacial score (nSPS) is 12.0. The zero-order valence-electron chi connectivity index (χ0n) is 10.7. The molecule has 0 unspecified atom stereocenters. The Kier molecular flexibility index (Phi) is 3.28. The third-order valence-electron chi connectivity index (χ3n) is 2.72. The largest absolute Gasteiger partial charge is 0.417 e.